The Hall–Kier alpha value is -1.77. The Balaban J connectivity index is 1.27. The molecule has 0 amide bonds. The number of nitrogens with zero attached hydrogens (tertiary/aromatic N) is 3. The van der Waals surface area contributed by atoms with Gasteiger partial charge in [0.05, 0.1) is 0 Å². The fourth-order valence-corrected chi connectivity index (χ4v) is 4.93. The first-order valence-electron chi connectivity index (χ1n) is 9.09. The van der Waals surface area contributed by atoms with E-state index in [0.29, 0.717) is 5.41 Å². The number of rotatable bonds is 3. The average Bonchev–Trinajstić information content (AvgIpc) is 3.09. The third-order valence-electron chi connectivity index (χ3n) is 6.63. The summed E-state index contributed by atoms with van der Waals surface area (Å²) in [5.74, 6) is 1.52. The SMILES string of the molecule is C=C(C1CCC1)N1CC2(CCC(c3ccn4ccnc4c3)C2)C1. The van der Waals surface area contributed by atoms with Crippen molar-refractivity contribution >= 4 is 5.65 Å². The van der Waals surface area contributed by atoms with E-state index in [2.05, 4.69) is 39.2 Å². The van der Waals surface area contributed by atoms with Gasteiger partial charge in [0.15, 0.2) is 0 Å². The number of aromatic nitrogens is 2. The molecule has 0 radical (unpaired) electrons. The first-order valence-corrected chi connectivity index (χ1v) is 9.09. The van der Waals surface area contributed by atoms with Gasteiger partial charge in [-0.25, -0.2) is 4.98 Å². The van der Waals surface area contributed by atoms with Crippen LogP contribution in [0.25, 0.3) is 5.65 Å². The minimum Gasteiger partial charge on any atom is -0.374 e. The van der Waals surface area contributed by atoms with Gasteiger partial charge in [-0.15, -0.1) is 0 Å². The Morgan fingerprint density at radius 2 is 2.09 bits per heavy atom. The summed E-state index contributed by atoms with van der Waals surface area (Å²) in [4.78, 5) is 7.01. The summed E-state index contributed by atoms with van der Waals surface area (Å²) in [6, 6.07) is 4.58. The van der Waals surface area contributed by atoms with Crippen molar-refractivity contribution in [3.05, 3.63) is 48.6 Å². The van der Waals surface area contributed by atoms with Crippen LogP contribution in [0.5, 0.6) is 0 Å². The highest BCUT2D eigenvalue weighted by Crippen LogP contribution is 2.53. The molecule has 2 aromatic heterocycles. The van der Waals surface area contributed by atoms with E-state index >= 15 is 0 Å². The number of fused-ring (bicyclic) bond motifs is 1. The van der Waals surface area contributed by atoms with Crippen molar-refractivity contribution in [2.75, 3.05) is 13.1 Å². The van der Waals surface area contributed by atoms with Gasteiger partial charge in [-0.05, 0) is 61.6 Å². The maximum Gasteiger partial charge on any atom is 0.136 e. The van der Waals surface area contributed by atoms with E-state index in [1.165, 1.54) is 62.9 Å². The van der Waals surface area contributed by atoms with Crippen LogP contribution < -0.4 is 0 Å². The lowest BCUT2D eigenvalue weighted by Gasteiger charge is -2.53. The molecular weight excluding hydrogens is 282 g/mol. The lowest BCUT2D eigenvalue weighted by atomic mass is 9.74. The van der Waals surface area contributed by atoms with Crippen LogP contribution in [0.2, 0.25) is 0 Å². The summed E-state index contributed by atoms with van der Waals surface area (Å²) < 4.78 is 2.10. The smallest absolute Gasteiger partial charge is 0.136 e. The van der Waals surface area contributed by atoms with E-state index in [9.17, 15) is 0 Å². The molecule has 3 fully saturated rings. The zero-order valence-corrected chi connectivity index (χ0v) is 13.7. The molecule has 3 nitrogen and oxygen atoms in total. The first-order chi connectivity index (χ1) is 11.2. The third-order valence-corrected chi connectivity index (χ3v) is 6.63. The molecule has 0 N–H and O–H groups in total. The standard InChI is InChI=1S/C20H25N3/c1-15(16-3-2-4-16)23-13-20(14-23)7-5-18(12-20)17-6-9-22-10-8-21-19(22)11-17/h6,8-11,16,18H,1-5,7,12-14H2. The molecule has 120 valence electrons. The van der Waals surface area contributed by atoms with Crippen molar-refractivity contribution in [3.63, 3.8) is 0 Å². The lowest BCUT2D eigenvalue weighted by Crippen LogP contribution is -2.55. The molecule has 0 bridgehead atoms. The summed E-state index contributed by atoms with van der Waals surface area (Å²) in [7, 11) is 0. The molecule has 1 unspecified atom stereocenters. The molecule has 0 aromatic carbocycles. The van der Waals surface area contributed by atoms with Gasteiger partial charge in [-0.2, -0.15) is 0 Å². The molecule has 2 saturated carbocycles. The van der Waals surface area contributed by atoms with Crippen LogP contribution in [0.1, 0.15) is 50.0 Å². The van der Waals surface area contributed by atoms with Crippen molar-refractivity contribution in [2.45, 2.75) is 44.4 Å². The lowest BCUT2D eigenvalue weighted by molar-refractivity contribution is 0.0194. The Labute approximate surface area is 138 Å². The van der Waals surface area contributed by atoms with Crippen LogP contribution in [0, 0.1) is 11.3 Å². The number of likely N-dealkylation sites (tertiary alicyclic amines) is 1. The second-order valence-electron chi connectivity index (χ2n) is 8.07. The number of imidazole rings is 1. The Morgan fingerprint density at radius 3 is 2.87 bits per heavy atom. The summed E-state index contributed by atoms with van der Waals surface area (Å²) in [5.41, 5.74) is 4.57. The second kappa shape index (κ2) is 4.86. The molecule has 5 rings (SSSR count). The van der Waals surface area contributed by atoms with E-state index in [1.807, 2.05) is 12.4 Å². The zero-order chi connectivity index (χ0) is 15.4. The Kier molecular flexibility index (Phi) is 2.88. The van der Waals surface area contributed by atoms with Gasteiger partial charge >= 0.3 is 0 Å². The minimum atomic E-state index is 0.568. The van der Waals surface area contributed by atoms with E-state index in [0.717, 1.165) is 17.5 Å². The summed E-state index contributed by atoms with van der Waals surface area (Å²) in [5, 5.41) is 0. The molecule has 2 aromatic rings. The van der Waals surface area contributed by atoms with Crippen molar-refractivity contribution in [2.24, 2.45) is 11.3 Å². The monoisotopic (exact) mass is 307 g/mol. The van der Waals surface area contributed by atoms with Crippen LogP contribution in [0.15, 0.2) is 43.0 Å². The molecule has 1 spiro atoms. The van der Waals surface area contributed by atoms with Gasteiger partial charge in [0, 0.05) is 42.8 Å². The van der Waals surface area contributed by atoms with E-state index in [-0.39, 0.29) is 0 Å². The first kappa shape index (κ1) is 13.6. The number of allylic oxidation sites excluding steroid dienone is 1. The summed E-state index contributed by atoms with van der Waals surface area (Å²) in [6.45, 7) is 6.88. The van der Waals surface area contributed by atoms with E-state index < -0.39 is 0 Å². The predicted molar refractivity (Wildman–Crippen MR) is 92.3 cm³/mol. The largest absolute Gasteiger partial charge is 0.374 e. The molecule has 1 saturated heterocycles. The number of pyridine rings is 1. The van der Waals surface area contributed by atoms with Gasteiger partial charge in [-0.1, -0.05) is 13.0 Å². The van der Waals surface area contributed by atoms with Crippen molar-refractivity contribution in [1.82, 2.24) is 14.3 Å². The van der Waals surface area contributed by atoms with Crippen LogP contribution in [-0.2, 0) is 0 Å². The fourth-order valence-electron chi connectivity index (χ4n) is 4.93. The highest BCUT2D eigenvalue weighted by atomic mass is 15.2. The normalized spacial score (nSPS) is 26.4. The van der Waals surface area contributed by atoms with Gasteiger partial charge < -0.3 is 9.30 Å². The fraction of sp³-hybridized carbons (Fsp3) is 0.550. The molecule has 3 heterocycles. The number of hydrogen-bond acceptors (Lipinski definition) is 2. The molecule has 3 heteroatoms. The van der Waals surface area contributed by atoms with Crippen LogP contribution in [0.4, 0.5) is 0 Å². The second-order valence-corrected chi connectivity index (χ2v) is 8.07. The van der Waals surface area contributed by atoms with E-state index in [1.54, 1.807) is 0 Å². The quantitative estimate of drug-likeness (QED) is 0.846. The van der Waals surface area contributed by atoms with Crippen LogP contribution in [-0.4, -0.2) is 27.4 Å². The van der Waals surface area contributed by atoms with E-state index in [4.69, 9.17) is 0 Å². The predicted octanol–water partition coefficient (Wildman–Crippen LogP) is 4.22. The maximum atomic E-state index is 4.43. The third kappa shape index (κ3) is 2.13. The maximum absolute atomic E-state index is 4.43. The Morgan fingerprint density at radius 1 is 1.22 bits per heavy atom. The molecule has 3 aliphatic rings. The minimum absolute atomic E-state index is 0.568. The van der Waals surface area contributed by atoms with Gasteiger partial charge in [0.2, 0.25) is 0 Å². The highest BCUT2D eigenvalue weighted by Gasteiger charge is 2.49. The van der Waals surface area contributed by atoms with Crippen molar-refractivity contribution < 1.29 is 0 Å². The van der Waals surface area contributed by atoms with Crippen molar-refractivity contribution in [3.8, 4) is 0 Å². The molecular formula is C20H25N3. The molecule has 1 atom stereocenters. The number of hydrogen-bond donors (Lipinski definition) is 0. The van der Waals surface area contributed by atoms with Gasteiger partial charge in [0.25, 0.3) is 0 Å². The molecule has 1 aliphatic heterocycles. The van der Waals surface area contributed by atoms with Crippen LogP contribution in [0.3, 0.4) is 0 Å². The summed E-state index contributed by atoms with van der Waals surface area (Å²) >= 11 is 0. The molecule has 23 heavy (non-hydrogen) atoms. The Bertz CT molecular complexity index is 749. The topological polar surface area (TPSA) is 20.5 Å². The van der Waals surface area contributed by atoms with Gasteiger partial charge in [-0.3, -0.25) is 0 Å². The zero-order valence-electron chi connectivity index (χ0n) is 13.7. The average molecular weight is 307 g/mol. The van der Waals surface area contributed by atoms with Crippen LogP contribution >= 0.6 is 0 Å². The van der Waals surface area contributed by atoms with Gasteiger partial charge in [0.1, 0.15) is 5.65 Å². The highest BCUT2D eigenvalue weighted by molar-refractivity contribution is 5.42. The molecule has 2 aliphatic carbocycles. The summed E-state index contributed by atoms with van der Waals surface area (Å²) in [6.07, 6.45) is 14.3. The van der Waals surface area contributed by atoms with Crippen molar-refractivity contribution in [1.29, 1.82) is 0 Å².